The van der Waals surface area contributed by atoms with Crippen molar-refractivity contribution in [1.82, 2.24) is 10.3 Å². The summed E-state index contributed by atoms with van der Waals surface area (Å²) in [5.41, 5.74) is 9.56. The lowest BCUT2D eigenvalue weighted by molar-refractivity contribution is -0.107. The molecule has 3 aromatic rings. The molecule has 136 valence electrons. The van der Waals surface area contributed by atoms with Gasteiger partial charge < -0.3 is 21.1 Å². The average molecular weight is 371 g/mol. The van der Waals surface area contributed by atoms with Crippen LogP contribution in [-0.4, -0.2) is 24.3 Å². The monoisotopic (exact) mass is 370 g/mol. The van der Waals surface area contributed by atoms with Gasteiger partial charge in [-0.15, -0.1) is 12.4 Å². The molecule has 0 radical (unpaired) electrons. The Morgan fingerprint density at radius 2 is 2.00 bits per heavy atom. The number of morpholine rings is 1. The number of nitrogens with one attached hydrogen (secondary N) is 2. The van der Waals surface area contributed by atoms with Gasteiger partial charge in [0.2, 0.25) is 0 Å². The Morgan fingerprint density at radius 3 is 2.85 bits per heavy atom. The van der Waals surface area contributed by atoms with Crippen molar-refractivity contribution in [2.24, 2.45) is 5.73 Å². The smallest absolute Gasteiger partial charge is 0.119 e. The maximum atomic E-state index is 6.01. The van der Waals surface area contributed by atoms with Crippen LogP contribution >= 0.6 is 12.4 Å². The van der Waals surface area contributed by atoms with E-state index in [1.54, 1.807) is 0 Å². The number of anilines is 2. The first-order chi connectivity index (χ1) is 12.1. The van der Waals surface area contributed by atoms with Gasteiger partial charge >= 0.3 is 0 Å². The van der Waals surface area contributed by atoms with Crippen molar-refractivity contribution < 1.29 is 4.74 Å². The lowest BCUT2D eigenvalue weighted by Crippen LogP contribution is -2.53. The minimum Gasteiger partial charge on any atom is -0.354 e. The summed E-state index contributed by atoms with van der Waals surface area (Å²) in [4.78, 5) is 4.50. The molecule has 2 aromatic carbocycles. The zero-order valence-electron chi connectivity index (χ0n) is 14.6. The zero-order chi connectivity index (χ0) is 17.3. The fourth-order valence-corrected chi connectivity index (χ4v) is 3.33. The Balaban J connectivity index is 0.00000196. The van der Waals surface area contributed by atoms with Gasteiger partial charge in [-0.2, -0.15) is 0 Å². The summed E-state index contributed by atoms with van der Waals surface area (Å²) in [6.45, 7) is 3.48. The fraction of sp³-hybridized carbons (Fsp3) is 0.250. The molecule has 4 rings (SSSR count). The topological polar surface area (TPSA) is 72.2 Å². The number of aromatic nitrogens is 1. The summed E-state index contributed by atoms with van der Waals surface area (Å²) in [5, 5.41) is 7.93. The molecule has 1 saturated heterocycles. The third kappa shape index (κ3) is 3.66. The van der Waals surface area contributed by atoms with Gasteiger partial charge in [0, 0.05) is 30.4 Å². The van der Waals surface area contributed by atoms with Crippen molar-refractivity contribution in [2.75, 3.05) is 18.4 Å². The van der Waals surface area contributed by atoms with Crippen LogP contribution < -0.4 is 16.4 Å². The van der Waals surface area contributed by atoms with Crippen LogP contribution in [0.15, 0.2) is 60.8 Å². The summed E-state index contributed by atoms with van der Waals surface area (Å²) in [5.74, 6) is 0. The van der Waals surface area contributed by atoms with Crippen molar-refractivity contribution in [3.8, 4) is 0 Å². The molecule has 2 heterocycles. The maximum absolute atomic E-state index is 6.01. The number of nitrogens with zero attached hydrogens (tertiary/aromatic N) is 1. The van der Waals surface area contributed by atoms with E-state index in [2.05, 4.69) is 46.8 Å². The lowest BCUT2D eigenvalue weighted by atomic mass is 9.94. The predicted molar refractivity (Wildman–Crippen MR) is 108 cm³/mol. The molecule has 0 amide bonds. The number of ether oxygens (including phenoxy) is 1. The third-order valence-corrected chi connectivity index (χ3v) is 4.60. The van der Waals surface area contributed by atoms with Crippen LogP contribution in [0.2, 0.25) is 0 Å². The quantitative estimate of drug-likeness (QED) is 0.658. The lowest BCUT2D eigenvalue weighted by Gasteiger charge is -2.38. The average Bonchev–Trinajstić information content (AvgIpc) is 2.62. The van der Waals surface area contributed by atoms with Gasteiger partial charge in [0.15, 0.2) is 0 Å². The van der Waals surface area contributed by atoms with Gasteiger partial charge in [-0.25, -0.2) is 0 Å². The summed E-state index contributed by atoms with van der Waals surface area (Å²) >= 11 is 0. The van der Waals surface area contributed by atoms with Gasteiger partial charge in [0.05, 0.1) is 11.2 Å². The van der Waals surface area contributed by atoms with Crippen molar-refractivity contribution in [2.45, 2.75) is 18.8 Å². The van der Waals surface area contributed by atoms with E-state index < -0.39 is 5.60 Å². The molecule has 1 aromatic heterocycles. The number of hydrogen-bond donors (Lipinski definition) is 3. The number of hydrogen-bond acceptors (Lipinski definition) is 5. The van der Waals surface area contributed by atoms with E-state index in [1.165, 1.54) is 0 Å². The van der Waals surface area contributed by atoms with Gasteiger partial charge in [-0.1, -0.05) is 30.3 Å². The standard InChI is InChI=1S/C20H22N4O.ClH/c1-20(13-22-12-18(21)25-20)15-7-3-8-16(11-15)24-17-9-2-5-14-6-4-10-23-19(14)17;/h2-11,18,22,24H,12-13,21H2,1H3;1H. The number of benzene rings is 2. The zero-order valence-corrected chi connectivity index (χ0v) is 15.4. The molecule has 1 aliphatic rings. The molecule has 0 spiro atoms. The van der Waals surface area contributed by atoms with Crippen LogP contribution in [0.3, 0.4) is 0 Å². The van der Waals surface area contributed by atoms with E-state index >= 15 is 0 Å². The molecule has 0 saturated carbocycles. The highest BCUT2D eigenvalue weighted by Gasteiger charge is 2.33. The summed E-state index contributed by atoms with van der Waals surface area (Å²) < 4.78 is 6.01. The van der Waals surface area contributed by atoms with Gasteiger partial charge in [-0.05, 0) is 36.8 Å². The maximum Gasteiger partial charge on any atom is 0.119 e. The molecule has 26 heavy (non-hydrogen) atoms. The number of nitrogens with two attached hydrogens (primary N) is 1. The minimum atomic E-state index is -0.438. The highest BCUT2D eigenvalue weighted by molar-refractivity contribution is 5.91. The van der Waals surface area contributed by atoms with E-state index in [-0.39, 0.29) is 18.6 Å². The van der Waals surface area contributed by atoms with E-state index in [0.717, 1.165) is 34.4 Å². The minimum absolute atomic E-state index is 0. The summed E-state index contributed by atoms with van der Waals surface area (Å²) in [7, 11) is 0. The first kappa shape index (κ1) is 18.6. The van der Waals surface area contributed by atoms with Crippen molar-refractivity contribution in [3.05, 3.63) is 66.4 Å². The molecule has 0 bridgehead atoms. The highest BCUT2D eigenvalue weighted by Crippen LogP contribution is 2.31. The van der Waals surface area contributed by atoms with Gasteiger partial charge in [-0.3, -0.25) is 4.98 Å². The predicted octanol–water partition coefficient (Wildman–Crippen LogP) is 3.52. The van der Waals surface area contributed by atoms with E-state index in [1.807, 2.05) is 36.5 Å². The molecule has 4 N–H and O–H groups in total. The van der Waals surface area contributed by atoms with Crippen LogP contribution in [0.5, 0.6) is 0 Å². The molecular weight excluding hydrogens is 348 g/mol. The first-order valence-corrected chi connectivity index (χ1v) is 8.49. The second-order valence-electron chi connectivity index (χ2n) is 6.60. The Bertz CT molecular complexity index is 898. The van der Waals surface area contributed by atoms with Crippen molar-refractivity contribution in [1.29, 1.82) is 0 Å². The summed E-state index contributed by atoms with van der Waals surface area (Å²) in [6.07, 6.45) is 1.52. The molecule has 6 heteroatoms. The van der Waals surface area contributed by atoms with Crippen LogP contribution in [0.1, 0.15) is 12.5 Å². The number of fused-ring (bicyclic) bond motifs is 1. The Kier molecular flexibility index (Phi) is 5.44. The Morgan fingerprint density at radius 1 is 1.19 bits per heavy atom. The molecule has 2 unspecified atom stereocenters. The number of rotatable bonds is 3. The third-order valence-electron chi connectivity index (χ3n) is 4.60. The summed E-state index contributed by atoms with van der Waals surface area (Å²) in [6, 6.07) is 18.4. The SMILES string of the molecule is CC1(c2cccc(Nc3cccc4cccnc34)c2)CNCC(N)O1.Cl. The van der Waals surface area contributed by atoms with Gasteiger partial charge in [0.25, 0.3) is 0 Å². The van der Waals surface area contributed by atoms with E-state index in [4.69, 9.17) is 10.5 Å². The van der Waals surface area contributed by atoms with Crippen LogP contribution in [0, 0.1) is 0 Å². The van der Waals surface area contributed by atoms with E-state index in [0.29, 0.717) is 6.54 Å². The Labute approximate surface area is 159 Å². The van der Waals surface area contributed by atoms with Crippen LogP contribution in [0.25, 0.3) is 10.9 Å². The number of para-hydroxylation sites is 1. The van der Waals surface area contributed by atoms with Gasteiger partial charge in [0.1, 0.15) is 11.8 Å². The molecule has 1 aliphatic heterocycles. The normalized spacial score (nSPS) is 22.6. The van der Waals surface area contributed by atoms with Crippen LogP contribution in [-0.2, 0) is 10.3 Å². The largest absolute Gasteiger partial charge is 0.354 e. The molecular formula is C20H23ClN4O. The van der Waals surface area contributed by atoms with Crippen LogP contribution in [0.4, 0.5) is 11.4 Å². The molecule has 0 aliphatic carbocycles. The van der Waals surface area contributed by atoms with Crippen molar-refractivity contribution >= 4 is 34.7 Å². The van der Waals surface area contributed by atoms with E-state index in [9.17, 15) is 0 Å². The second-order valence-corrected chi connectivity index (χ2v) is 6.60. The fourth-order valence-electron chi connectivity index (χ4n) is 3.33. The van der Waals surface area contributed by atoms with Crippen molar-refractivity contribution in [3.63, 3.8) is 0 Å². The second kappa shape index (κ2) is 7.60. The molecule has 2 atom stereocenters. The number of pyridine rings is 1. The highest BCUT2D eigenvalue weighted by atomic mass is 35.5. The molecule has 1 fully saturated rings. The first-order valence-electron chi connectivity index (χ1n) is 8.49. The number of halogens is 1. The Hall–Kier alpha value is -2.18. The molecule has 5 nitrogen and oxygen atoms in total.